The molecule has 1 aliphatic carbocycles. The van der Waals surface area contributed by atoms with Crippen LogP contribution in [-0.2, 0) is 14.3 Å². The van der Waals surface area contributed by atoms with Crippen LogP contribution in [0.3, 0.4) is 0 Å². The molecule has 32 heavy (non-hydrogen) atoms. The molecule has 2 N–H and O–H groups in total. The van der Waals surface area contributed by atoms with E-state index in [2.05, 4.69) is 5.32 Å². The Morgan fingerprint density at radius 3 is 2.59 bits per heavy atom. The zero-order chi connectivity index (χ0) is 22.8. The molecule has 166 valence electrons. The fourth-order valence-corrected chi connectivity index (χ4v) is 4.72. The van der Waals surface area contributed by atoms with Gasteiger partial charge in [0, 0.05) is 34.3 Å². The number of aromatic hydroxyl groups is 1. The van der Waals surface area contributed by atoms with Gasteiger partial charge in [-0.2, -0.15) is 0 Å². The van der Waals surface area contributed by atoms with Gasteiger partial charge in [0.25, 0.3) is 0 Å². The van der Waals surface area contributed by atoms with E-state index in [1.54, 1.807) is 18.2 Å². The molecule has 2 aromatic carbocycles. The number of dihydropyridines is 1. The number of hydrogen-bond donors (Lipinski definition) is 2. The highest BCUT2D eigenvalue weighted by Crippen LogP contribution is 2.46. The highest BCUT2D eigenvalue weighted by Gasteiger charge is 2.41. The van der Waals surface area contributed by atoms with Gasteiger partial charge in [-0.15, -0.1) is 0 Å². The molecular formula is C26H26ClNO4. The highest BCUT2D eigenvalue weighted by molar-refractivity contribution is 6.30. The minimum absolute atomic E-state index is 0.0136. The summed E-state index contributed by atoms with van der Waals surface area (Å²) in [6.45, 7) is 4.07. The van der Waals surface area contributed by atoms with Gasteiger partial charge < -0.3 is 15.2 Å². The lowest BCUT2D eigenvalue weighted by atomic mass is 9.71. The highest BCUT2D eigenvalue weighted by atomic mass is 35.5. The standard InChI is InChI=1S/C26H26ClNO4/c1-3-11-32-26(31)23-15(2)28-21-13-18(16-7-9-19(27)10-8-16)14-22(30)25(21)24(23)17-5-4-6-20(29)12-17/h4-10,12,18,24,28-29H,3,11,13-14H2,1-2H3/t18-,24+/m0/s1. The van der Waals surface area contributed by atoms with Gasteiger partial charge >= 0.3 is 5.97 Å². The Bertz CT molecular complexity index is 1120. The summed E-state index contributed by atoms with van der Waals surface area (Å²) in [5, 5.41) is 14.1. The second-order valence-electron chi connectivity index (χ2n) is 8.30. The Morgan fingerprint density at radius 2 is 1.91 bits per heavy atom. The van der Waals surface area contributed by atoms with E-state index in [1.165, 1.54) is 0 Å². The SMILES string of the molecule is CCCOC(=O)C1=C(C)NC2=C(C(=O)C[C@@H](c3ccc(Cl)cc3)C2)[C@@H]1c1cccc(O)c1. The van der Waals surface area contributed by atoms with E-state index < -0.39 is 11.9 Å². The molecule has 2 atom stereocenters. The van der Waals surface area contributed by atoms with Crippen molar-refractivity contribution in [2.45, 2.75) is 44.9 Å². The number of esters is 1. The average molecular weight is 452 g/mol. The summed E-state index contributed by atoms with van der Waals surface area (Å²) in [5.41, 5.74) is 4.23. The summed E-state index contributed by atoms with van der Waals surface area (Å²) in [6, 6.07) is 14.3. The summed E-state index contributed by atoms with van der Waals surface area (Å²) < 4.78 is 5.45. The molecule has 6 heteroatoms. The van der Waals surface area contributed by atoms with Gasteiger partial charge in [0.15, 0.2) is 5.78 Å². The third-order valence-corrected chi connectivity index (χ3v) is 6.28. The van der Waals surface area contributed by atoms with E-state index in [0.717, 1.165) is 11.3 Å². The molecule has 1 aliphatic heterocycles. The van der Waals surface area contributed by atoms with E-state index in [4.69, 9.17) is 16.3 Å². The maximum Gasteiger partial charge on any atom is 0.336 e. The van der Waals surface area contributed by atoms with Gasteiger partial charge in [-0.25, -0.2) is 4.79 Å². The van der Waals surface area contributed by atoms with Crippen LogP contribution < -0.4 is 5.32 Å². The Kier molecular flexibility index (Phi) is 6.38. The van der Waals surface area contributed by atoms with Gasteiger partial charge in [-0.05, 0) is 61.1 Å². The van der Waals surface area contributed by atoms with E-state index in [0.29, 0.717) is 53.3 Å². The lowest BCUT2D eigenvalue weighted by molar-refractivity contribution is -0.139. The number of hydrogen-bond acceptors (Lipinski definition) is 5. The number of allylic oxidation sites excluding steroid dienone is 3. The van der Waals surface area contributed by atoms with Crippen LogP contribution in [-0.4, -0.2) is 23.5 Å². The van der Waals surface area contributed by atoms with E-state index in [1.807, 2.05) is 44.2 Å². The number of benzene rings is 2. The first kappa shape index (κ1) is 22.2. The predicted molar refractivity (Wildman–Crippen MR) is 123 cm³/mol. The molecule has 5 nitrogen and oxygen atoms in total. The van der Waals surface area contributed by atoms with Crippen molar-refractivity contribution in [1.82, 2.24) is 5.32 Å². The van der Waals surface area contributed by atoms with Crippen LogP contribution >= 0.6 is 11.6 Å². The topological polar surface area (TPSA) is 75.6 Å². The lowest BCUT2D eigenvalue weighted by Crippen LogP contribution is -2.36. The number of rotatable bonds is 5. The number of halogens is 1. The molecule has 0 aromatic heterocycles. The number of ketones is 1. The zero-order valence-corrected chi connectivity index (χ0v) is 18.9. The number of Topliss-reactive ketones (excluding diaryl/α,β-unsaturated/α-hetero) is 1. The average Bonchev–Trinajstić information content (AvgIpc) is 2.76. The molecular weight excluding hydrogens is 426 g/mol. The summed E-state index contributed by atoms with van der Waals surface area (Å²) in [4.78, 5) is 26.5. The molecule has 0 fully saturated rings. The van der Waals surface area contributed by atoms with Crippen molar-refractivity contribution in [2.75, 3.05) is 6.61 Å². The Morgan fingerprint density at radius 1 is 1.16 bits per heavy atom. The lowest BCUT2D eigenvalue weighted by Gasteiger charge is -2.36. The third-order valence-electron chi connectivity index (χ3n) is 6.03. The monoisotopic (exact) mass is 451 g/mol. The molecule has 0 spiro atoms. The van der Waals surface area contributed by atoms with Crippen LogP contribution in [0.5, 0.6) is 5.75 Å². The van der Waals surface area contributed by atoms with Crippen molar-refractivity contribution in [3.05, 3.63) is 87.2 Å². The smallest absolute Gasteiger partial charge is 0.336 e. The first-order valence-electron chi connectivity index (χ1n) is 10.8. The number of phenols is 1. The maximum absolute atomic E-state index is 13.5. The summed E-state index contributed by atoms with van der Waals surface area (Å²) in [7, 11) is 0. The van der Waals surface area contributed by atoms with Crippen LogP contribution in [0.2, 0.25) is 5.02 Å². The number of carbonyl (C=O) groups excluding carboxylic acids is 2. The molecule has 0 bridgehead atoms. The van der Waals surface area contributed by atoms with Gasteiger partial charge in [0.2, 0.25) is 0 Å². The molecule has 0 amide bonds. The maximum atomic E-state index is 13.5. The molecule has 0 saturated heterocycles. The van der Waals surface area contributed by atoms with Crippen LogP contribution in [0.1, 0.15) is 56.1 Å². The minimum atomic E-state index is -0.582. The van der Waals surface area contributed by atoms with Crippen LogP contribution in [0.4, 0.5) is 0 Å². The largest absolute Gasteiger partial charge is 0.508 e. The predicted octanol–water partition coefficient (Wildman–Crippen LogP) is 5.36. The van der Waals surface area contributed by atoms with Crippen molar-refractivity contribution in [2.24, 2.45) is 0 Å². The van der Waals surface area contributed by atoms with Gasteiger partial charge in [-0.3, -0.25) is 4.79 Å². The Labute approximate surface area is 192 Å². The molecule has 0 unspecified atom stereocenters. The summed E-state index contributed by atoms with van der Waals surface area (Å²) >= 11 is 6.03. The van der Waals surface area contributed by atoms with Crippen LogP contribution in [0.25, 0.3) is 0 Å². The van der Waals surface area contributed by atoms with Gasteiger partial charge in [-0.1, -0.05) is 42.8 Å². The van der Waals surface area contributed by atoms with Crippen molar-refractivity contribution < 1.29 is 19.4 Å². The number of ether oxygens (including phenoxy) is 1. The van der Waals surface area contributed by atoms with Gasteiger partial charge in [0.1, 0.15) is 5.75 Å². The molecule has 0 radical (unpaired) electrons. The molecule has 2 aliphatic rings. The first-order valence-corrected chi connectivity index (χ1v) is 11.2. The summed E-state index contributed by atoms with van der Waals surface area (Å²) in [6.07, 6.45) is 1.69. The minimum Gasteiger partial charge on any atom is -0.508 e. The number of phenolic OH excluding ortho intramolecular Hbond substituents is 1. The third kappa shape index (κ3) is 4.30. The zero-order valence-electron chi connectivity index (χ0n) is 18.2. The van der Waals surface area contributed by atoms with Gasteiger partial charge in [0.05, 0.1) is 12.2 Å². The van der Waals surface area contributed by atoms with Crippen molar-refractivity contribution in [1.29, 1.82) is 0 Å². The quantitative estimate of drug-likeness (QED) is 0.598. The van der Waals surface area contributed by atoms with Crippen molar-refractivity contribution >= 4 is 23.4 Å². The first-order chi connectivity index (χ1) is 15.4. The Balaban J connectivity index is 1.77. The summed E-state index contributed by atoms with van der Waals surface area (Å²) in [5.74, 6) is -0.923. The Hall–Kier alpha value is -3.05. The van der Waals surface area contributed by atoms with Crippen molar-refractivity contribution in [3.63, 3.8) is 0 Å². The van der Waals surface area contributed by atoms with Crippen molar-refractivity contribution in [3.8, 4) is 5.75 Å². The molecule has 2 aromatic rings. The van der Waals surface area contributed by atoms with E-state index >= 15 is 0 Å². The molecule has 1 heterocycles. The van der Waals surface area contributed by atoms with E-state index in [-0.39, 0.29) is 17.5 Å². The fraction of sp³-hybridized carbons (Fsp3) is 0.308. The van der Waals surface area contributed by atoms with Crippen LogP contribution in [0, 0.1) is 0 Å². The second-order valence-corrected chi connectivity index (χ2v) is 8.74. The van der Waals surface area contributed by atoms with E-state index in [9.17, 15) is 14.7 Å². The fourth-order valence-electron chi connectivity index (χ4n) is 4.59. The normalized spacial score (nSPS) is 20.7. The van der Waals surface area contributed by atoms with Crippen LogP contribution in [0.15, 0.2) is 71.1 Å². The number of carbonyl (C=O) groups is 2. The molecule has 4 rings (SSSR count). The number of nitrogens with one attached hydrogen (secondary N) is 1. The molecule has 0 saturated carbocycles. The second kappa shape index (κ2) is 9.21.